The molecule has 1 fully saturated rings. The molecule has 0 bridgehead atoms. The average Bonchev–Trinajstić information content (AvgIpc) is 2.80. The van der Waals surface area contributed by atoms with E-state index in [0.717, 1.165) is 25.6 Å². The van der Waals surface area contributed by atoms with E-state index in [4.69, 9.17) is 0 Å². The monoisotopic (exact) mass is 294 g/mol. The molecule has 1 N–H and O–H groups in total. The molecule has 0 spiro atoms. The predicted molar refractivity (Wildman–Crippen MR) is 89.3 cm³/mol. The summed E-state index contributed by atoms with van der Waals surface area (Å²) in [5.41, 5.74) is 1.56. The molecular formula is C17H30N2S. The standard InChI is InChI=1S/C17H30N2S/c1-4-8-18-11-17-10-16(14(3)20-17)13-19-9-6-7-15(5-2)12-19/h10,15,18H,4-9,11-13H2,1-3H3. The van der Waals surface area contributed by atoms with E-state index in [1.165, 1.54) is 48.5 Å². The van der Waals surface area contributed by atoms with Crippen molar-refractivity contribution < 1.29 is 0 Å². The molecule has 0 aromatic carbocycles. The molecule has 1 aromatic heterocycles. The van der Waals surface area contributed by atoms with Crippen molar-refractivity contribution in [3.63, 3.8) is 0 Å². The molecule has 1 aliphatic rings. The minimum atomic E-state index is 0.924. The maximum Gasteiger partial charge on any atom is 0.0299 e. The Hall–Kier alpha value is -0.380. The maximum absolute atomic E-state index is 3.51. The van der Waals surface area contributed by atoms with Crippen molar-refractivity contribution in [2.24, 2.45) is 5.92 Å². The molecule has 1 aromatic rings. The Morgan fingerprint density at radius 1 is 1.40 bits per heavy atom. The summed E-state index contributed by atoms with van der Waals surface area (Å²) in [6.07, 6.45) is 5.36. The minimum absolute atomic E-state index is 0.924. The number of likely N-dealkylation sites (tertiary alicyclic amines) is 1. The highest BCUT2D eigenvalue weighted by atomic mass is 32.1. The zero-order chi connectivity index (χ0) is 14.4. The lowest BCUT2D eigenvalue weighted by Gasteiger charge is -2.32. The third kappa shape index (κ3) is 4.57. The van der Waals surface area contributed by atoms with E-state index in [1.807, 2.05) is 11.3 Å². The summed E-state index contributed by atoms with van der Waals surface area (Å²) in [5, 5.41) is 3.51. The molecule has 114 valence electrons. The van der Waals surface area contributed by atoms with Gasteiger partial charge in [0.05, 0.1) is 0 Å². The van der Waals surface area contributed by atoms with E-state index in [1.54, 1.807) is 5.56 Å². The summed E-state index contributed by atoms with van der Waals surface area (Å²) < 4.78 is 0. The molecule has 2 heterocycles. The Morgan fingerprint density at radius 3 is 3.00 bits per heavy atom. The number of thiophene rings is 1. The van der Waals surface area contributed by atoms with E-state index in [9.17, 15) is 0 Å². The van der Waals surface area contributed by atoms with Gasteiger partial charge in [-0.05, 0) is 56.8 Å². The normalized spacial score (nSPS) is 20.4. The van der Waals surface area contributed by atoms with Crippen LogP contribution in [0.1, 0.15) is 54.8 Å². The maximum atomic E-state index is 3.51. The summed E-state index contributed by atoms with van der Waals surface area (Å²) in [4.78, 5) is 5.67. The van der Waals surface area contributed by atoms with Crippen LogP contribution in [0.5, 0.6) is 0 Å². The van der Waals surface area contributed by atoms with Crippen molar-refractivity contribution in [1.29, 1.82) is 0 Å². The molecule has 2 rings (SSSR count). The molecule has 0 aliphatic carbocycles. The SMILES string of the molecule is CCCNCc1cc(CN2CCCC(CC)C2)c(C)s1. The van der Waals surface area contributed by atoms with Gasteiger partial charge in [0.1, 0.15) is 0 Å². The third-order valence-electron chi connectivity index (χ3n) is 4.37. The molecule has 0 amide bonds. The predicted octanol–water partition coefficient (Wildman–Crippen LogP) is 4.18. The number of nitrogens with one attached hydrogen (secondary N) is 1. The van der Waals surface area contributed by atoms with Crippen LogP contribution in [-0.4, -0.2) is 24.5 Å². The zero-order valence-electron chi connectivity index (χ0n) is 13.4. The Kier molecular flexibility index (Phi) is 6.53. The quantitative estimate of drug-likeness (QED) is 0.759. The van der Waals surface area contributed by atoms with Crippen LogP contribution in [0.4, 0.5) is 0 Å². The number of rotatable bonds is 7. The Bertz CT molecular complexity index is 400. The smallest absolute Gasteiger partial charge is 0.0299 e. The lowest BCUT2D eigenvalue weighted by Crippen LogP contribution is -2.34. The molecule has 0 saturated carbocycles. The van der Waals surface area contributed by atoms with Gasteiger partial charge < -0.3 is 5.32 Å². The summed E-state index contributed by atoms with van der Waals surface area (Å²) in [5.74, 6) is 0.924. The zero-order valence-corrected chi connectivity index (χ0v) is 14.2. The molecule has 2 nitrogen and oxygen atoms in total. The fraction of sp³-hybridized carbons (Fsp3) is 0.765. The van der Waals surface area contributed by atoms with Crippen LogP contribution in [0.2, 0.25) is 0 Å². The number of aryl methyl sites for hydroxylation is 1. The molecule has 1 aliphatic heterocycles. The van der Waals surface area contributed by atoms with Crippen LogP contribution in [0.3, 0.4) is 0 Å². The summed E-state index contributed by atoms with van der Waals surface area (Å²) in [6, 6.07) is 2.43. The van der Waals surface area contributed by atoms with Gasteiger partial charge in [-0.25, -0.2) is 0 Å². The van der Waals surface area contributed by atoms with Gasteiger partial charge in [-0.15, -0.1) is 11.3 Å². The summed E-state index contributed by atoms with van der Waals surface area (Å²) in [7, 11) is 0. The lowest BCUT2D eigenvalue weighted by atomic mass is 9.95. The lowest BCUT2D eigenvalue weighted by molar-refractivity contribution is 0.164. The van der Waals surface area contributed by atoms with E-state index >= 15 is 0 Å². The Labute approximate surface area is 128 Å². The summed E-state index contributed by atoms with van der Waals surface area (Å²) >= 11 is 1.97. The number of hydrogen-bond acceptors (Lipinski definition) is 3. The molecule has 1 unspecified atom stereocenters. The average molecular weight is 295 g/mol. The molecule has 1 atom stereocenters. The highest BCUT2D eigenvalue weighted by Gasteiger charge is 2.19. The highest BCUT2D eigenvalue weighted by molar-refractivity contribution is 7.12. The van der Waals surface area contributed by atoms with Crippen molar-refractivity contribution in [3.05, 3.63) is 21.4 Å². The van der Waals surface area contributed by atoms with Crippen LogP contribution >= 0.6 is 11.3 Å². The van der Waals surface area contributed by atoms with Crippen LogP contribution in [0.25, 0.3) is 0 Å². The third-order valence-corrected chi connectivity index (χ3v) is 5.46. The fourth-order valence-electron chi connectivity index (χ4n) is 3.09. The van der Waals surface area contributed by atoms with E-state index in [-0.39, 0.29) is 0 Å². The van der Waals surface area contributed by atoms with Crippen molar-refractivity contribution in [3.8, 4) is 0 Å². The molecule has 3 heteroatoms. The van der Waals surface area contributed by atoms with Crippen molar-refractivity contribution >= 4 is 11.3 Å². The topological polar surface area (TPSA) is 15.3 Å². The van der Waals surface area contributed by atoms with Crippen molar-refractivity contribution in [2.45, 2.75) is 59.5 Å². The first-order valence-corrected chi connectivity index (χ1v) is 9.05. The fourth-order valence-corrected chi connectivity index (χ4v) is 4.11. The number of nitrogens with zero attached hydrogens (tertiary/aromatic N) is 1. The van der Waals surface area contributed by atoms with Gasteiger partial charge in [0, 0.05) is 29.4 Å². The second kappa shape index (κ2) is 8.16. The second-order valence-electron chi connectivity index (χ2n) is 6.12. The van der Waals surface area contributed by atoms with Crippen LogP contribution in [0, 0.1) is 12.8 Å². The molecule has 0 radical (unpaired) electrons. The van der Waals surface area contributed by atoms with Crippen LogP contribution in [-0.2, 0) is 13.1 Å². The van der Waals surface area contributed by atoms with Crippen molar-refractivity contribution in [2.75, 3.05) is 19.6 Å². The van der Waals surface area contributed by atoms with E-state index < -0.39 is 0 Å². The van der Waals surface area contributed by atoms with Gasteiger partial charge in [0.25, 0.3) is 0 Å². The molecule has 1 saturated heterocycles. The first-order chi connectivity index (χ1) is 9.72. The first kappa shape index (κ1) is 16.0. The van der Waals surface area contributed by atoms with Gasteiger partial charge in [-0.1, -0.05) is 20.3 Å². The van der Waals surface area contributed by atoms with Gasteiger partial charge in [-0.2, -0.15) is 0 Å². The largest absolute Gasteiger partial charge is 0.312 e. The van der Waals surface area contributed by atoms with Crippen molar-refractivity contribution in [1.82, 2.24) is 10.2 Å². The Morgan fingerprint density at radius 2 is 2.25 bits per heavy atom. The molecule has 20 heavy (non-hydrogen) atoms. The van der Waals surface area contributed by atoms with Gasteiger partial charge in [0.15, 0.2) is 0 Å². The van der Waals surface area contributed by atoms with E-state index in [0.29, 0.717) is 0 Å². The van der Waals surface area contributed by atoms with Gasteiger partial charge in [0.2, 0.25) is 0 Å². The van der Waals surface area contributed by atoms with Gasteiger partial charge >= 0.3 is 0 Å². The van der Waals surface area contributed by atoms with Crippen LogP contribution < -0.4 is 5.32 Å². The van der Waals surface area contributed by atoms with E-state index in [2.05, 4.69) is 37.1 Å². The second-order valence-corrected chi connectivity index (χ2v) is 7.46. The molecular weight excluding hydrogens is 264 g/mol. The number of piperidine rings is 1. The van der Waals surface area contributed by atoms with Crippen LogP contribution in [0.15, 0.2) is 6.07 Å². The van der Waals surface area contributed by atoms with Gasteiger partial charge in [-0.3, -0.25) is 4.90 Å². The number of hydrogen-bond donors (Lipinski definition) is 1. The Balaban J connectivity index is 1.88. The highest BCUT2D eigenvalue weighted by Crippen LogP contribution is 2.26. The summed E-state index contributed by atoms with van der Waals surface area (Å²) in [6.45, 7) is 12.7. The first-order valence-electron chi connectivity index (χ1n) is 8.24. The minimum Gasteiger partial charge on any atom is -0.312 e.